The Kier molecular flexibility index (Phi) is 10.9. The van der Waals surface area contributed by atoms with Crippen LogP contribution in [-0.2, 0) is 19.6 Å². The second kappa shape index (κ2) is 11.5. The summed E-state index contributed by atoms with van der Waals surface area (Å²) < 4.78 is 212. The second-order valence-electron chi connectivity index (χ2n) is 7.79. The van der Waals surface area contributed by atoms with E-state index in [1.54, 1.807) is 4.72 Å². The molecule has 0 aromatic heterocycles. The van der Waals surface area contributed by atoms with E-state index < -0.39 is 96.1 Å². The molecule has 0 heterocycles. The lowest BCUT2D eigenvalue weighted by Crippen LogP contribution is -2.57. The molecule has 0 unspecified atom stereocenters. The van der Waals surface area contributed by atoms with Crippen LogP contribution in [0, 0.1) is 5.92 Å². The SMILES string of the molecule is C=C(C)C(=O)OCCNS(=O)(=O)CCC(CC(F)(C(F)(F)F)C(F)(F)F)CC(F)(C(F)(F)F)C(F)(F)F. The first-order valence-corrected chi connectivity index (χ1v) is 11.2. The first-order chi connectivity index (χ1) is 16.1. The predicted octanol–water partition coefficient (Wildman–Crippen LogP) is 5.48. The van der Waals surface area contributed by atoms with Gasteiger partial charge in [-0.2, -0.15) is 52.7 Å². The number of esters is 1. The minimum absolute atomic E-state index is 0.140. The molecule has 0 amide bonds. The highest BCUT2D eigenvalue weighted by Gasteiger charge is 2.75. The Morgan fingerprint density at radius 1 is 0.784 bits per heavy atom. The van der Waals surface area contributed by atoms with E-state index in [-0.39, 0.29) is 5.57 Å². The third kappa shape index (κ3) is 9.13. The third-order valence-corrected chi connectivity index (χ3v) is 6.15. The standard InChI is InChI=1S/C17H19F14NO4S/c1-9(2)11(33)36-5-4-32-37(34,35)6-3-10(7-12(18,14(20,21)22)15(23,24)25)8-13(19,16(26,27)28)17(29,30)31/h10,32H,1,3-8H2,2H3. The van der Waals surface area contributed by atoms with E-state index in [0.717, 1.165) is 0 Å². The molecule has 0 aliphatic heterocycles. The summed E-state index contributed by atoms with van der Waals surface area (Å²) in [4.78, 5) is 11.1. The quantitative estimate of drug-likeness (QED) is 0.140. The number of alkyl halides is 14. The van der Waals surface area contributed by atoms with Crippen LogP contribution in [0.1, 0.15) is 26.2 Å². The van der Waals surface area contributed by atoms with Gasteiger partial charge in [0.1, 0.15) is 6.61 Å². The number of nitrogens with one attached hydrogen (secondary N) is 1. The van der Waals surface area contributed by atoms with E-state index >= 15 is 0 Å². The summed E-state index contributed by atoms with van der Waals surface area (Å²) >= 11 is 0. The zero-order chi connectivity index (χ0) is 29.9. The molecule has 0 atom stereocenters. The largest absolute Gasteiger partial charge is 0.461 e. The highest BCUT2D eigenvalue weighted by molar-refractivity contribution is 7.89. The minimum Gasteiger partial charge on any atom is -0.461 e. The van der Waals surface area contributed by atoms with Gasteiger partial charge in [0.15, 0.2) is 0 Å². The third-order valence-electron chi connectivity index (χ3n) is 4.74. The molecule has 20 heteroatoms. The number of carbonyl (C=O) groups excluding carboxylic acids is 1. The van der Waals surface area contributed by atoms with Crippen LogP contribution in [0.15, 0.2) is 12.2 Å². The van der Waals surface area contributed by atoms with Gasteiger partial charge < -0.3 is 4.74 Å². The van der Waals surface area contributed by atoms with Gasteiger partial charge >= 0.3 is 30.7 Å². The van der Waals surface area contributed by atoms with E-state index in [2.05, 4.69) is 11.3 Å². The Morgan fingerprint density at radius 2 is 1.14 bits per heavy atom. The summed E-state index contributed by atoms with van der Waals surface area (Å²) in [5, 5.41) is 0. The van der Waals surface area contributed by atoms with Gasteiger partial charge in [0.2, 0.25) is 10.0 Å². The molecule has 0 aromatic carbocycles. The average molecular weight is 599 g/mol. The van der Waals surface area contributed by atoms with Crippen LogP contribution >= 0.6 is 0 Å². The first-order valence-electron chi connectivity index (χ1n) is 9.56. The van der Waals surface area contributed by atoms with Crippen molar-refractivity contribution in [2.75, 3.05) is 18.9 Å². The average Bonchev–Trinajstić information content (AvgIpc) is 2.65. The second-order valence-corrected chi connectivity index (χ2v) is 9.71. The van der Waals surface area contributed by atoms with Gasteiger partial charge in [-0.1, -0.05) is 6.58 Å². The summed E-state index contributed by atoms with van der Waals surface area (Å²) in [5.74, 6) is -6.17. The molecule has 37 heavy (non-hydrogen) atoms. The van der Waals surface area contributed by atoms with Crippen LogP contribution in [0.4, 0.5) is 61.5 Å². The molecule has 0 saturated carbocycles. The molecular weight excluding hydrogens is 580 g/mol. The van der Waals surface area contributed by atoms with E-state index in [1.165, 1.54) is 6.92 Å². The van der Waals surface area contributed by atoms with Gasteiger partial charge in [-0.3, -0.25) is 0 Å². The molecule has 0 bridgehead atoms. The zero-order valence-corrected chi connectivity index (χ0v) is 19.2. The van der Waals surface area contributed by atoms with E-state index in [1.807, 2.05) is 0 Å². The van der Waals surface area contributed by atoms with E-state index in [0.29, 0.717) is 0 Å². The van der Waals surface area contributed by atoms with Crippen molar-refractivity contribution in [3.8, 4) is 0 Å². The molecule has 0 aliphatic carbocycles. The Hall–Kier alpha value is -1.86. The Bertz CT molecular complexity index is 837. The fraction of sp³-hybridized carbons (Fsp3) is 0.824. The van der Waals surface area contributed by atoms with Crippen molar-refractivity contribution in [1.82, 2.24) is 4.72 Å². The van der Waals surface area contributed by atoms with Gasteiger partial charge in [0.25, 0.3) is 11.3 Å². The van der Waals surface area contributed by atoms with Crippen molar-refractivity contribution >= 4 is 16.0 Å². The normalized spacial score (nSPS) is 14.7. The maximum Gasteiger partial charge on any atom is 0.431 e. The monoisotopic (exact) mass is 599 g/mol. The number of rotatable bonds is 12. The van der Waals surface area contributed by atoms with Gasteiger partial charge in [-0.15, -0.1) is 0 Å². The lowest BCUT2D eigenvalue weighted by molar-refractivity contribution is -0.356. The Morgan fingerprint density at radius 3 is 1.43 bits per heavy atom. The van der Waals surface area contributed by atoms with E-state index in [9.17, 15) is 74.7 Å². The first kappa shape index (κ1) is 35.1. The Balaban J connectivity index is 6.06. The summed E-state index contributed by atoms with van der Waals surface area (Å²) in [6.45, 7) is 2.82. The fourth-order valence-corrected chi connectivity index (χ4v) is 3.90. The number of carbonyl (C=O) groups is 1. The molecular formula is C17H19F14NO4S. The summed E-state index contributed by atoms with van der Waals surface area (Å²) in [6, 6.07) is 0. The summed E-state index contributed by atoms with van der Waals surface area (Å²) in [7, 11) is -4.88. The zero-order valence-electron chi connectivity index (χ0n) is 18.4. The van der Waals surface area contributed by atoms with Gasteiger partial charge in [-0.25, -0.2) is 26.7 Å². The van der Waals surface area contributed by atoms with Crippen molar-refractivity contribution in [2.45, 2.75) is 62.2 Å². The van der Waals surface area contributed by atoms with Crippen molar-refractivity contribution < 1.29 is 79.4 Å². The van der Waals surface area contributed by atoms with Gasteiger partial charge in [0.05, 0.1) is 5.75 Å². The summed E-state index contributed by atoms with van der Waals surface area (Å²) in [5.41, 5.74) is -13.0. The van der Waals surface area contributed by atoms with Crippen LogP contribution in [0.5, 0.6) is 0 Å². The van der Waals surface area contributed by atoms with Crippen molar-refractivity contribution in [1.29, 1.82) is 0 Å². The molecule has 0 saturated heterocycles. The van der Waals surface area contributed by atoms with Crippen LogP contribution < -0.4 is 4.72 Å². The molecule has 0 fully saturated rings. The molecule has 0 spiro atoms. The minimum atomic E-state index is -6.93. The van der Waals surface area contributed by atoms with Crippen LogP contribution in [0.3, 0.4) is 0 Å². The number of hydrogen-bond donors (Lipinski definition) is 1. The molecule has 1 N–H and O–H groups in total. The van der Waals surface area contributed by atoms with Crippen molar-refractivity contribution in [3.63, 3.8) is 0 Å². The van der Waals surface area contributed by atoms with Gasteiger partial charge in [0, 0.05) is 25.0 Å². The fourth-order valence-electron chi connectivity index (χ4n) is 2.71. The van der Waals surface area contributed by atoms with Crippen LogP contribution in [-0.4, -0.2) is 69.3 Å². The smallest absolute Gasteiger partial charge is 0.431 e. The molecule has 220 valence electrons. The highest BCUT2D eigenvalue weighted by atomic mass is 32.2. The van der Waals surface area contributed by atoms with Gasteiger partial charge in [-0.05, 0) is 19.3 Å². The lowest BCUT2D eigenvalue weighted by Gasteiger charge is -2.37. The Labute approximate surface area is 200 Å². The maximum absolute atomic E-state index is 14.1. The molecule has 0 radical (unpaired) electrons. The highest BCUT2D eigenvalue weighted by Crippen LogP contribution is 2.54. The number of sulfonamides is 1. The van der Waals surface area contributed by atoms with E-state index in [4.69, 9.17) is 0 Å². The molecule has 0 aliphatic rings. The van der Waals surface area contributed by atoms with Crippen LogP contribution in [0.25, 0.3) is 0 Å². The van der Waals surface area contributed by atoms with Crippen molar-refractivity contribution in [3.05, 3.63) is 12.2 Å². The maximum atomic E-state index is 14.1. The van der Waals surface area contributed by atoms with Crippen molar-refractivity contribution in [2.24, 2.45) is 5.92 Å². The number of ether oxygens (including phenoxy) is 1. The predicted molar refractivity (Wildman–Crippen MR) is 96.8 cm³/mol. The number of halogens is 14. The molecule has 0 aromatic rings. The molecule has 5 nitrogen and oxygen atoms in total. The lowest BCUT2D eigenvalue weighted by atomic mass is 9.81. The molecule has 0 rings (SSSR count). The topological polar surface area (TPSA) is 72.5 Å². The summed E-state index contributed by atoms with van der Waals surface area (Å²) in [6.07, 6.45) is -36.0. The van der Waals surface area contributed by atoms with Crippen LogP contribution in [0.2, 0.25) is 0 Å². The number of hydrogen-bond acceptors (Lipinski definition) is 4.